The SMILES string of the molecule is O=C(c1ccc(-c2ncn[nH]2)cc1)N1CCC1c1ccc(F)cc1. The van der Waals surface area contributed by atoms with Crippen LogP contribution >= 0.6 is 0 Å². The molecule has 1 saturated heterocycles. The fourth-order valence-electron chi connectivity index (χ4n) is 2.94. The topological polar surface area (TPSA) is 61.9 Å². The molecule has 0 saturated carbocycles. The Balaban J connectivity index is 1.52. The van der Waals surface area contributed by atoms with Gasteiger partial charge < -0.3 is 4.90 Å². The number of likely N-dealkylation sites (tertiary alicyclic amines) is 1. The third-order valence-electron chi connectivity index (χ3n) is 4.36. The Hall–Kier alpha value is -3.02. The van der Waals surface area contributed by atoms with Gasteiger partial charge in [0.25, 0.3) is 5.91 Å². The number of nitrogens with zero attached hydrogens (tertiary/aromatic N) is 3. The molecule has 1 aromatic heterocycles. The fraction of sp³-hybridized carbons (Fsp3) is 0.167. The summed E-state index contributed by atoms with van der Waals surface area (Å²) < 4.78 is 13.1. The molecule has 1 N–H and O–H groups in total. The second-order valence-electron chi connectivity index (χ2n) is 5.77. The Bertz CT molecular complexity index is 844. The van der Waals surface area contributed by atoms with E-state index in [4.69, 9.17) is 0 Å². The van der Waals surface area contributed by atoms with Crippen LogP contribution in [-0.4, -0.2) is 32.5 Å². The van der Waals surface area contributed by atoms with E-state index in [9.17, 15) is 9.18 Å². The molecule has 0 spiro atoms. The molecule has 24 heavy (non-hydrogen) atoms. The highest BCUT2D eigenvalue weighted by Gasteiger charge is 2.33. The maximum Gasteiger partial charge on any atom is 0.254 e. The summed E-state index contributed by atoms with van der Waals surface area (Å²) in [5.41, 5.74) is 2.47. The molecule has 1 unspecified atom stereocenters. The molecular weight excluding hydrogens is 307 g/mol. The molecule has 0 radical (unpaired) electrons. The molecule has 5 nitrogen and oxygen atoms in total. The molecule has 120 valence electrons. The number of aromatic amines is 1. The summed E-state index contributed by atoms with van der Waals surface area (Å²) in [5, 5.41) is 6.61. The predicted molar refractivity (Wildman–Crippen MR) is 86.6 cm³/mol. The largest absolute Gasteiger partial charge is 0.331 e. The minimum atomic E-state index is -0.265. The summed E-state index contributed by atoms with van der Waals surface area (Å²) >= 11 is 0. The molecule has 1 amide bonds. The molecule has 4 rings (SSSR count). The van der Waals surface area contributed by atoms with E-state index in [1.165, 1.54) is 18.5 Å². The maximum atomic E-state index is 13.1. The van der Waals surface area contributed by atoms with E-state index in [1.807, 2.05) is 17.0 Å². The summed E-state index contributed by atoms with van der Waals surface area (Å²) in [6, 6.07) is 13.7. The molecular formula is C18H15FN4O. The van der Waals surface area contributed by atoms with Crippen LogP contribution in [0.15, 0.2) is 54.9 Å². The highest BCUT2D eigenvalue weighted by molar-refractivity contribution is 5.95. The number of carbonyl (C=O) groups excluding carboxylic acids is 1. The lowest BCUT2D eigenvalue weighted by Crippen LogP contribution is -2.45. The van der Waals surface area contributed by atoms with Crippen molar-refractivity contribution in [3.05, 3.63) is 71.8 Å². The molecule has 0 bridgehead atoms. The molecule has 2 aromatic carbocycles. The highest BCUT2D eigenvalue weighted by Crippen LogP contribution is 2.34. The molecule has 6 heteroatoms. The lowest BCUT2D eigenvalue weighted by molar-refractivity contribution is 0.0460. The molecule has 1 aliphatic rings. The third kappa shape index (κ3) is 2.56. The van der Waals surface area contributed by atoms with Crippen LogP contribution in [0.2, 0.25) is 0 Å². The van der Waals surface area contributed by atoms with Gasteiger partial charge in [-0.2, -0.15) is 5.10 Å². The van der Waals surface area contributed by atoms with Gasteiger partial charge in [0, 0.05) is 17.7 Å². The Morgan fingerprint density at radius 2 is 1.88 bits per heavy atom. The van der Waals surface area contributed by atoms with Crippen molar-refractivity contribution in [3.63, 3.8) is 0 Å². The first kappa shape index (κ1) is 14.6. The van der Waals surface area contributed by atoms with E-state index in [2.05, 4.69) is 15.2 Å². The Morgan fingerprint density at radius 1 is 1.12 bits per heavy atom. The fourth-order valence-corrected chi connectivity index (χ4v) is 2.94. The predicted octanol–water partition coefficient (Wildman–Crippen LogP) is 3.20. The number of carbonyl (C=O) groups is 1. The van der Waals surface area contributed by atoms with Crippen LogP contribution in [0.3, 0.4) is 0 Å². The number of H-pyrrole nitrogens is 1. The van der Waals surface area contributed by atoms with Gasteiger partial charge in [-0.05, 0) is 36.2 Å². The van der Waals surface area contributed by atoms with Gasteiger partial charge in [0.2, 0.25) is 0 Å². The number of amides is 1. The zero-order valence-corrected chi connectivity index (χ0v) is 12.8. The summed E-state index contributed by atoms with van der Waals surface area (Å²) in [7, 11) is 0. The number of hydrogen-bond donors (Lipinski definition) is 1. The lowest BCUT2D eigenvalue weighted by atomic mass is 9.93. The zero-order chi connectivity index (χ0) is 16.5. The van der Waals surface area contributed by atoms with Crippen molar-refractivity contribution in [2.75, 3.05) is 6.54 Å². The van der Waals surface area contributed by atoms with Gasteiger partial charge in [-0.25, -0.2) is 9.37 Å². The first-order valence-corrected chi connectivity index (χ1v) is 7.74. The number of nitrogens with one attached hydrogen (secondary N) is 1. The average Bonchev–Trinajstić information content (AvgIpc) is 3.10. The minimum absolute atomic E-state index is 0.0142. The molecule has 1 aliphatic heterocycles. The van der Waals surface area contributed by atoms with E-state index in [0.29, 0.717) is 17.9 Å². The summed E-state index contributed by atoms with van der Waals surface area (Å²) in [5.74, 6) is 0.390. The first-order chi connectivity index (χ1) is 11.7. The average molecular weight is 322 g/mol. The van der Waals surface area contributed by atoms with Gasteiger partial charge in [0.1, 0.15) is 12.1 Å². The maximum absolute atomic E-state index is 13.1. The van der Waals surface area contributed by atoms with Crippen molar-refractivity contribution in [2.45, 2.75) is 12.5 Å². The molecule has 2 heterocycles. The number of rotatable bonds is 3. The molecule has 0 aliphatic carbocycles. The summed E-state index contributed by atoms with van der Waals surface area (Å²) in [4.78, 5) is 18.6. The van der Waals surface area contributed by atoms with Crippen molar-refractivity contribution in [1.82, 2.24) is 20.1 Å². The van der Waals surface area contributed by atoms with Gasteiger partial charge in [-0.15, -0.1) is 0 Å². The van der Waals surface area contributed by atoms with E-state index < -0.39 is 0 Å². The quantitative estimate of drug-likeness (QED) is 0.805. The number of hydrogen-bond acceptors (Lipinski definition) is 3. The normalized spacial score (nSPS) is 16.7. The highest BCUT2D eigenvalue weighted by atomic mass is 19.1. The second-order valence-corrected chi connectivity index (χ2v) is 5.77. The van der Waals surface area contributed by atoms with Crippen LogP contribution in [0.5, 0.6) is 0 Å². The molecule has 3 aromatic rings. The van der Waals surface area contributed by atoms with E-state index in [1.54, 1.807) is 24.3 Å². The number of halogens is 1. The van der Waals surface area contributed by atoms with Crippen molar-refractivity contribution in [3.8, 4) is 11.4 Å². The van der Waals surface area contributed by atoms with E-state index in [0.717, 1.165) is 17.5 Å². The smallest absolute Gasteiger partial charge is 0.254 e. The monoisotopic (exact) mass is 322 g/mol. The molecule has 1 fully saturated rings. The first-order valence-electron chi connectivity index (χ1n) is 7.74. The Morgan fingerprint density at radius 3 is 2.46 bits per heavy atom. The second kappa shape index (κ2) is 5.88. The van der Waals surface area contributed by atoms with Crippen LogP contribution < -0.4 is 0 Å². The van der Waals surface area contributed by atoms with Crippen molar-refractivity contribution >= 4 is 5.91 Å². The zero-order valence-electron chi connectivity index (χ0n) is 12.8. The van der Waals surface area contributed by atoms with Gasteiger partial charge in [0.15, 0.2) is 5.82 Å². The lowest BCUT2D eigenvalue weighted by Gasteiger charge is -2.41. The van der Waals surface area contributed by atoms with Crippen molar-refractivity contribution in [2.24, 2.45) is 0 Å². The Kier molecular flexibility index (Phi) is 3.57. The van der Waals surface area contributed by atoms with E-state index in [-0.39, 0.29) is 17.8 Å². The summed E-state index contributed by atoms with van der Waals surface area (Å²) in [6.45, 7) is 0.713. The number of aromatic nitrogens is 3. The van der Waals surface area contributed by atoms with Crippen LogP contribution in [0.25, 0.3) is 11.4 Å². The van der Waals surface area contributed by atoms with E-state index >= 15 is 0 Å². The van der Waals surface area contributed by atoms with Gasteiger partial charge in [0.05, 0.1) is 6.04 Å². The third-order valence-corrected chi connectivity index (χ3v) is 4.36. The van der Waals surface area contributed by atoms with Crippen LogP contribution in [-0.2, 0) is 0 Å². The van der Waals surface area contributed by atoms with Crippen LogP contribution in [0, 0.1) is 5.82 Å². The van der Waals surface area contributed by atoms with Gasteiger partial charge in [-0.3, -0.25) is 9.89 Å². The van der Waals surface area contributed by atoms with Crippen LogP contribution in [0.4, 0.5) is 4.39 Å². The minimum Gasteiger partial charge on any atom is -0.331 e. The number of benzene rings is 2. The van der Waals surface area contributed by atoms with Gasteiger partial charge >= 0.3 is 0 Å². The van der Waals surface area contributed by atoms with Crippen molar-refractivity contribution < 1.29 is 9.18 Å². The standard InChI is InChI=1S/C18H15FN4O/c19-15-7-5-12(6-8-15)16-9-10-23(16)18(24)14-3-1-13(2-4-14)17-20-11-21-22-17/h1-8,11,16H,9-10H2,(H,20,21,22). The van der Waals surface area contributed by atoms with Crippen molar-refractivity contribution in [1.29, 1.82) is 0 Å². The Labute approximate surface area is 138 Å². The molecule has 1 atom stereocenters. The summed E-state index contributed by atoms with van der Waals surface area (Å²) in [6.07, 6.45) is 2.34. The van der Waals surface area contributed by atoms with Crippen LogP contribution in [0.1, 0.15) is 28.4 Å². The van der Waals surface area contributed by atoms with Gasteiger partial charge in [-0.1, -0.05) is 24.3 Å².